The molecule has 0 aliphatic carbocycles. The molecule has 0 spiro atoms. The average molecular weight is 186 g/mol. The predicted octanol–water partition coefficient (Wildman–Crippen LogP) is 0.788. The molecule has 0 unspecified atom stereocenters. The van der Waals surface area contributed by atoms with Gasteiger partial charge in [-0.3, -0.25) is 0 Å². The van der Waals surface area contributed by atoms with E-state index in [0.29, 0.717) is 10.0 Å². The molecule has 0 radical (unpaired) electrons. The first-order chi connectivity index (χ1) is 6.02. The van der Waals surface area contributed by atoms with Gasteiger partial charge in [0, 0.05) is 12.3 Å². The highest BCUT2D eigenvalue weighted by Crippen LogP contribution is 2.10. The second-order valence-corrected chi connectivity index (χ2v) is 2.12. The minimum absolute atomic E-state index is 0.333. The molecule has 0 saturated heterocycles. The molecule has 0 aromatic heterocycles. The molecule has 1 rings (SSSR count). The van der Waals surface area contributed by atoms with Gasteiger partial charge in [-0.1, -0.05) is 0 Å². The Bertz CT molecular complexity index is 308. The smallest absolute Gasteiger partial charge is 0.431 e. The standard InChI is InChI=1S/C6H6N2O5/c9-4-1-2-7(5(10)11)8(3-4)6(12)13/h1-3,9H,(H,10,11)(H,12,13). The highest BCUT2D eigenvalue weighted by Gasteiger charge is 2.24. The molecule has 0 atom stereocenters. The molecule has 7 nitrogen and oxygen atoms in total. The number of carbonyl (C=O) groups is 2. The average Bonchev–Trinajstić information content (AvgIpc) is 2.03. The molecule has 1 heterocycles. The van der Waals surface area contributed by atoms with Crippen molar-refractivity contribution in [2.45, 2.75) is 0 Å². The number of hydrogen-bond donors (Lipinski definition) is 3. The minimum Gasteiger partial charge on any atom is -0.506 e. The second kappa shape index (κ2) is 3.05. The van der Waals surface area contributed by atoms with Crippen LogP contribution in [0.1, 0.15) is 0 Å². The van der Waals surface area contributed by atoms with Gasteiger partial charge in [-0.2, -0.15) is 10.0 Å². The van der Waals surface area contributed by atoms with Gasteiger partial charge in [0.05, 0.1) is 6.20 Å². The van der Waals surface area contributed by atoms with Gasteiger partial charge in [-0.25, -0.2) is 9.59 Å². The number of nitrogens with zero attached hydrogens (tertiary/aromatic N) is 2. The van der Waals surface area contributed by atoms with Gasteiger partial charge in [0.1, 0.15) is 5.76 Å². The lowest BCUT2D eigenvalue weighted by atomic mass is 10.4. The summed E-state index contributed by atoms with van der Waals surface area (Å²) in [5.41, 5.74) is 0. The highest BCUT2D eigenvalue weighted by atomic mass is 16.4. The maximum absolute atomic E-state index is 10.4. The van der Waals surface area contributed by atoms with E-state index in [-0.39, 0.29) is 5.76 Å². The molecule has 2 amide bonds. The van der Waals surface area contributed by atoms with E-state index in [0.717, 1.165) is 18.5 Å². The first kappa shape index (κ1) is 8.91. The SMILES string of the molecule is O=C(O)N1C=CC(O)=CN1C(=O)O. The summed E-state index contributed by atoms with van der Waals surface area (Å²) in [7, 11) is 0. The zero-order valence-corrected chi connectivity index (χ0v) is 6.28. The van der Waals surface area contributed by atoms with Crippen molar-refractivity contribution in [3.05, 3.63) is 24.2 Å². The maximum atomic E-state index is 10.4. The molecule has 70 valence electrons. The summed E-state index contributed by atoms with van der Waals surface area (Å²) in [6, 6.07) is 0. The summed E-state index contributed by atoms with van der Waals surface area (Å²) in [5.74, 6) is -0.333. The van der Waals surface area contributed by atoms with Crippen LogP contribution in [0.3, 0.4) is 0 Å². The van der Waals surface area contributed by atoms with Crippen molar-refractivity contribution in [2.24, 2.45) is 0 Å². The number of aliphatic hydroxyl groups is 1. The van der Waals surface area contributed by atoms with Gasteiger partial charge in [-0.15, -0.1) is 0 Å². The number of aliphatic hydroxyl groups excluding tert-OH is 1. The predicted molar refractivity (Wildman–Crippen MR) is 39.6 cm³/mol. The lowest BCUT2D eigenvalue weighted by molar-refractivity contribution is 0.0569. The normalized spacial score (nSPS) is 15.5. The van der Waals surface area contributed by atoms with Crippen LogP contribution in [0.2, 0.25) is 0 Å². The number of hydrogen-bond acceptors (Lipinski definition) is 3. The molecule has 0 saturated carbocycles. The molecular formula is C6H6N2O5. The zero-order chi connectivity index (χ0) is 10.0. The van der Waals surface area contributed by atoms with Crippen LogP contribution < -0.4 is 0 Å². The van der Waals surface area contributed by atoms with Crippen LogP contribution in [0.25, 0.3) is 0 Å². The second-order valence-electron chi connectivity index (χ2n) is 2.12. The fourth-order valence-corrected chi connectivity index (χ4v) is 0.753. The fourth-order valence-electron chi connectivity index (χ4n) is 0.753. The summed E-state index contributed by atoms with van der Waals surface area (Å²) in [5, 5.41) is 26.7. The summed E-state index contributed by atoms with van der Waals surface area (Å²) in [6.45, 7) is 0. The summed E-state index contributed by atoms with van der Waals surface area (Å²) < 4.78 is 0. The van der Waals surface area contributed by atoms with Crippen molar-refractivity contribution in [2.75, 3.05) is 0 Å². The summed E-state index contributed by atoms with van der Waals surface area (Å²) in [4.78, 5) is 20.9. The lowest BCUT2D eigenvalue weighted by Crippen LogP contribution is -2.43. The third-order valence-electron chi connectivity index (χ3n) is 1.27. The van der Waals surface area contributed by atoms with Crippen LogP contribution in [0.15, 0.2) is 24.2 Å². The van der Waals surface area contributed by atoms with E-state index in [9.17, 15) is 9.59 Å². The van der Waals surface area contributed by atoms with Crippen molar-refractivity contribution in [1.29, 1.82) is 0 Å². The molecule has 0 aromatic rings. The van der Waals surface area contributed by atoms with Crippen molar-refractivity contribution in [3.63, 3.8) is 0 Å². The Morgan fingerprint density at radius 1 is 1.15 bits per heavy atom. The number of amides is 2. The van der Waals surface area contributed by atoms with Crippen LogP contribution in [0, 0.1) is 0 Å². The van der Waals surface area contributed by atoms with Crippen molar-refractivity contribution >= 4 is 12.2 Å². The zero-order valence-electron chi connectivity index (χ0n) is 6.28. The van der Waals surface area contributed by atoms with E-state index in [1.165, 1.54) is 0 Å². The Morgan fingerprint density at radius 3 is 2.15 bits per heavy atom. The van der Waals surface area contributed by atoms with E-state index in [4.69, 9.17) is 15.3 Å². The summed E-state index contributed by atoms with van der Waals surface area (Å²) >= 11 is 0. The van der Waals surface area contributed by atoms with Crippen LogP contribution >= 0.6 is 0 Å². The van der Waals surface area contributed by atoms with E-state index in [2.05, 4.69) is 0 Å². The Kier molecular flexibility index (Phi) is 2.09. The van der Waals surface area contributed by atoms with Gasteiger partial charge in [0.25, 0.3) is 0 Å². The third kappa shape index (κ3) is 1.70. The monoisotopic (exact) mass is 186 g/mol. The van der Waals surface area contributed by atoms with Crippen molar-refractivity contribution in [3.8, 4) is 0 Å². The molecule has 13 heavy (non-hydrogen) atoms. The molecule has 0 fully saturated rings. The fraction of sp³-hybridized carbons (Fsp3) is 0. The third-order valence-corrected chi connectivity index (χ3v) is 1.27. The molecular weight excluding hydrogens is 180 g/mol. The van der Waals surface area contributed by atoms with Crippen molar-refractivity contribution in [1.82, 2.24) is 10.0 Å². The maximum Gasteiger partial charge on any atom is 0.431 e. The molecule has 7 heteroatoms. The van der Waals surface area contributed by atoms with E-state index in [1.807, 2.05) is 0 Å². The van der Waals surface area contributed by atoms with Gasteiger partial charge in [0.2, 0.25) is 0 Å². The van der Waals surface area contributed by atoms with Crippen LogP contribution in [0.5, 0.6) is 0 Å². The van der Waals surface area contributed by atoms with Gasteiger partial charge in [-0.05, 0) is 0 Å². The van der Waals surface area contributed by atoms with E-state index >= 15 is 0 Å². The topological polar surface area (TPSA) is 101 Å². The highest BCUT2D eigenvalue weighted by molar-refractivity contribution is 5.74. The van der Waals surface area contributed by atoms with Gasteiger partial charge >= 0.3 is 12.2 Å². The van der Waals surface area contributed by atoms with Crippen LogP contribution in [0.4, 0.5) is 9.59 Å². The first-order valence-electron chi connectivity index (χ1n) is 3.15. The summed E-state index contributed by atoms with van der Waals surface area (Å²) in [6.07, 6.45) is -0.198. The molecule has 1 aliphatic heterocycles. The number of allylic oxidation sites excluding steroid dienone is 1. The Labute approximate surface area is 72.4 Å². The van der Waals surface area contributed by atoms with E-state index < -0.39 is 12.2 Å². The number of carboxylic acid groups (broad SMARTS) is 2. The van der Waals surface area contributed by atoms with Gasteiger partial charge in [0.15, 0.2) is 0 Å². The number of hydrazine groups is 1. The number of rotatable bonds is 0. The Hall–Kier alpha value is -2.18. The van der Waals surface area contributed by atoms with Crippen LogP contribution in [-0.4, -0.2) is 37.5 Å². The first-order valence-corrected chi connectivity index (χ1v) is 3.15. The minimum atomic E-state index is -1.50. The largest absolute Gasteiger partial charge is 0.506 e. The molecule has 3 N–H and O–H groups in total. The Morgan fingerprint density at radius 2 is 1.69 bits per heavy atom. The van der Waals surface area contributed by atoms with Gasteiger partial charge < -0.3 is 15.3 Å². The molecule has 0 bridgehead atoms. The quantitative estimate of drug-likeness (QED) is 0.519. The molecule has 0 aromatic carbocycles. The lowest BCUT2D eigenvalue weighted by Gasteiger charge is -2.26. The van der Waals surface area contributed by atoms with Crippen LogP contribution in [-0.2, 0) is 0 Å². The molecule has 1 aliphatic rings. The Balaban J connectivity index is 2.94. The van der Waals surface area contributed by atoms with Crippen molar-refractivity contribution < 1.29 is 24.9 Å². The van der Waals surface area contributed by atoms with E-state index in [1.54, 1.807) is 0 Å².